The van der Waals surface area contributed by atoms with Crippen molar-refractivity contribution in [1.29, 1.82) is 5.26 Å². The molecular weight excluding hydrogens is 238 g/mol. The summed E-state index contributed by atoms with van der Waals surface area (Å²) in [5, 5.41) is 9.91. The molecule has 19 heavy (non-hydrogen) atoms. The number of carbonyl (C=O) groups is 1. The van der Waals surface area contributed by atoms with E-state index in [9.17, 15) is 4.79 Å². The molecule has 2 aromatic rings. The van der Waals surface area contributed by atoms with Crippen LogP contribution in [-0.2, 0) is 0 Å². The number of H-pyrrole nitrogens is 1. The summed E-state index contributed by atoms with van der Waals surface area (Å²) in [7, 11) is 1.73. The summed E-state index contributed by atoms with van der Waals surface area (Å²) < 4.78 is 0. The van der Waals surface area contributed by atoms with Gasteiger partial charge in [-0.15, -0.1) is 5.73 Å². The first-order chi connectivity index (χ1) is 9.20. The average Bonchev–Trinajstić information content (AvgIpc) is 2.79. The molecule has 94 valence electrons. The van der Waals surface area contributed by atoms with Gasteiger partial charge in [-0.05, 0) is 18.2 Å². The highest BCUT2D eigenvalue weighted by Crippen LogP contribution is 2.22. The van der Waals surface area contributed by atoms with Crippen LogP contribution in [-0.4, -0.2) is 22.8 Å². The van der Waals surface area contributed by atoms with Crippen molar-refractivity contribution in [3.8, 4) is 6.07 Å². The fourth-order valence-electron chi connectivity index (χ4n) is 2.09. The summed E-state index contributed by atoms with van der Waals surface area (Å²) in [4.78, 5) is 16.9. The average molecular weight is 251 g/mol. The van der Waals surface area contributed by atoms with E-state index in [1.165, 1.54) is 0 Å². The number of amides is 1. The van der Waals surface area contributed by atoms with Crippen LogP contribution in [0, 0.1) is 11.3 Å². The maximum absolute atomic E-state index is 12.3. The van der Waals surface area contributed by atoms with Crippen LogP contribution < -0.4 is 0 Å². The van der Waals surface area contributed by atoms with E-state index in [2.05, 4.69) is 16.8 Å². The van der Waals surface area contributed by atoms with Crippen molar-refractivity contribution in [2.45, 2.75) is 6.42 Å². The predicted octanol–water partition coefficient (Wildman–Crippen LogP) is 2.80. The lowest BCUT2D eigenvalue weighted by Gasteiger charge is -2.20. The van der Waals surface area contributed by atoms with Crippen molar-refractivity contribution in [2.24, 2.45) is 0 Å². The number of nitrogens with one attached hydrogen (secondary N) is 1. The van der Waals surface area contributed by atoms with E-state index in [0.29, 0.717) is 16.8 Å². The Morgan fingerprint density at radius 3 is 3.00 bits per heavy atom. The standard InChI is InChI=1S/C15H11N3O.H2/c1-18(12-6-3-7-12)15(19)13-8-10-4-2-5-11(9-16)14(10)17-13;/h2-5,8,17H,6H2,1H3;1H. The van der Waals surface area contributed by atoms with E-state index in [4.69, 9.17) is 5.26 Å². The van der Waals surface area contributed by atoms with Gasteiger partial charge in [-0.2, -0.15) is 5.26 Å². The molecule has 1 heterocycles. The zero-order valence-corrected chi connectivity index (χ0v) is 10.4. The van der Waals surface area contributed by atoms with Crippen molar-refractivity contribution in [3.05, 3.63) is 53.0 Å². The number of aromatic amines is 1. The molecule has 0 radical (unpaired) electrons. The van der Waals surface area contributed by atoms with E-state index < -0.39 is 0 Å². The Labute approximate surface area is 111 Å². The van der Waals surface area contributed by atoms with E-state index in [-0.39, 0.29) is 7.33 Å². The van der Waals surface area contributed by atoms with Gasteiger partial charge in [0.2, 0.25) is 0 Å². The van der Waals surface area contributed by atoms with Crippen molar-refractivity contribution < 1.29 is 6.22 Å². The Balaban J connectivity index is 0.00000147. The van der Waals surface area contributed by atoms with E-state index >= 15 is 0 Å². The fraction of sp³-hybridized carbons (Fsp3) is 0.133. The lowest BCUT2D eigenvalue weighted by molar-refractivity contribution is 0.0828. The van der Waals surface area contributed by atoms with Crippen molar-refractivity contribution in [2.75, 3.05) is 7.05 Å². The van der Waals surface area contributed by atoms with Gasteiger partial charge in [0.05, 0.1) is 16.8 Å². The molecular formula is C15H13N3O. The Kier molecular flexibility index (Phi) is 2.49. The first-order valence-electron chi connectivity index (χ1n) is 5.94. The number of rotatable bonds is 2. The zero-order chi connectivity index (χ0) is 13.4. The van der Waals surface area contributed by atoms with Gasteiger partial charge in [0.15, 0.2) is 0 Å². The van der Waals surface area contributed by atoms with Gasteiger partial charge in [-0.25, -0.2) is 0 Å². The van der Waals surface area contributed by atoms with E-state index in [0.717, 1.165) is 17.5 Å². The number of benzene rings is 1. The first-order valence-corrected chi connectivity index (χ1v) is 5.94. The summed E-state index contributed by atoms with van der Waals surface area (Å²) in [5.74, 6) is -0.115. The monoisotopic (exact) mass is 251 g/mol. The third-order valence-electron chi connectivity index (χ3n) is 3.28. The largest absolute Gasteiger partial charge is 0.349 e. The van der Waals surface area contributed by atoms with E-state index in [1.54, 1.807) is 24.1 Å². The maximum atomic E-state index is 12.3. The zero-order valence-electron chi connectivity index (χ0n) is 10.4. The van der Waals surface area contributed by atoms with Gasteiger partial charge in [0, 0.05) is 20.3 Å². The summed E-state index contributed by atoms with van der Waals surface area (Å²) in [5.41, 5.74) is 5.60. The quantitative estimate of drug-likeness (QED) is 0.834. The molecule has 0 aliphatic heterocycles. The molecule has 1 N–H and O–H groups in total. The summed E-state index contributed by atoms with van der Waals surface area (Å²) in [6, 6.07) is 9.31. The minimum atomic E-state index is -0.115. The number of nitrogens with zero attached hydrogens (tertiary/aromatic N) is 2. The van der Waals surface area contributed by atoms with Crippen LogP contribution in [0.3, 0.4) is 0 Å². The lowest BCUT2D eigenvalue weighted by atomic mass is 10.1. The van der Waals surface area contributed by atoms with Crippen molar-refractivity contribution in [1.82, 2.24) is 9.88 Å². The molecule has 1 aliphatic carbocycles. The Morgan fingerprint density at radius 1 is 1.58 bits per heavy atom. The Bertz CT molecular complexity index is 791. The predicted molar refractivity (Wildman–Crippen MR) is 73.4 cm³/mol. The molecule has 0 saturated carbocycles. The molecule has 4 nitrogen and oxygen atoms in total. The molecule has 0 saturated heterocycles. The normalized spacial score (nSPS) is 12.7. The Morgan fingerprint density at radius 2 is 2.37 bits per heavy atom. The molecule has 1 aliphatic rings. The van der Waals surface area contributed by atoms with Gasteiger partial charge < -0.3 is 9.88 Å². The third kappa shape index (κ3) is 1.74. The molecule has 0 atom stereocenters. The smallest absolute Gasteiger partial charge is 0.274 e. The molecule has 0 spiro atoms. The van der Waals surface area contributed by atoms with Crippen molar-refractivity contribution in [3.63, 3.8) is 0 Å². The van der Waals surface area contributed by atoms with Gasteiger partial charge in [-0.1, -0.05) is 12.1 Å². The second kappa shape index (κ2) is 4.16. The van der Waals surface area contributed by atoms with Crippen LogP contribution in [0.2, 0.25) is 0 Å². The SMILES string of the molecule is CN(C(=O)c1cc2cccc(C#N)c2[nH]1)C1=C=CC1.[HH]. The lowest BCUT2D eigenvalue weighted by Crippen LogP contribution is -2.27. The van der Waals surface area contributed by atoms with Gasteiger partial charge in [0.25, 0.3) is 5.91 Å². The van der Waals surface area contributed by atoms with Crippen LogP contribution >= 0.6 is 0 Å². The molecule has 4 heteroatoms. The maximum Gasteiger partial charge on any atom is 0.274 e. The third-order valence-corrected chi connectivity index (χ3v) is 3.28. The first kappa shape index (κ1) is 11.3. The summed E-state index contributed by atoms with van der Waals surface area (Å²) in [6.45, 7) is 0. The molecule has 1 aromatic heterocycles. The second-order valence-electron chi connectivity index (χ2n) is 4.43. The minimum Gasteiger partial charge on any atom is -0.349 e. The summed E-state index contributed by atoms with van der Waals surface area (Å²) >= 11 is 0. The minimum absolute atomic E-state index is 0. The molecule has 1 amide bonds. The van der Waals surface area contributed by atoms with Crippen LogP contribution in [0.25, 0.3) is 10.9 Å². The number of fused-ring (bicyclic) bond motifs is 1. The number of aromatic nitrogens is 1. The van der Waals surface area contributed by atoms with Crippen LogP contribution in [0.1, 0.15) is 23.9 Å². The van der Waals surface area contributed by atoms with Crippen molar-refractivity contribution >= 4 is 16.8 Å². The topological polar surface area (TPSA) is 59.9 Å². The van der Waals surface area contributed by atoms with Crippen LogP contribution in [0.4, 0.5) is 0 Å². The molecule has 0 unspecified atom stereocenters. The fourth-order valence-corrected chi connectivity index (χ4v) is 2.09. The number of carbonyl (C=O) groups excluding carboxylic acids is 1. The van der Waals surface area contributed by atoms with Gasteiger partial charge in [-0.3, -0.25) is 4.79 Å². The second-order valence-corrected chi connectivity index (χ2v) is 4.43. The van der Waals surface area contributed by atoms with Gasteiger partial charge in [0.1, 0.15) is 11.8 Å². The molecule has 3 rings (SSSR count). The highest BCUT2D eigenvalue weighted by molar-refractivity contribution is 5.99. The molecule has 0 fully saturated rings. The van der Waals surface area contributed by atoms with Crippen LogP contribution in [0.5, 0.6) is 0 Å². The number of nitriles is 1. The van der Waals surface area contributed by atoms with Gasteiger partial charge >= 0.3 is 0 Å². The van der Waals surface area contributed by atoms with E-state index in [1.807, 2.05) is 18.2 Å². The highest BCUT2D eigenvalue weighted by atomic mass is 16.2. The number of para-hydroxylation sites is 1. The molecule has 1 aromatic carbocycles. The Hall–Kier alpha value is -2.76. The number of hydrogen-bond acceptors (Lipinski definition) is 2. The highest BCUT2D eigenvalue weighted by Gasteiger charge is 2.19. The van der Waals surface area contributed by atoms with Crippen LogP contribution in [0.15, 0.2) is 41.8 Å². The summed E-state index contributed by atoms with van der Waals surface area (Å²) in [6.07, 6.45) is 2.66. The molecule has 0 bridgehead atoms. The number of hydrogen-bond donors (Lipinski definition) is 1.